The number of nitrogens with zero attached hydrogens (tertiary/aromatic N) is 1. The topological polar surface area (TPSA) is 77.2 Å². The van der Waals surface area contributed by atoms with E-state index in [0.717, 1.165) is 36.6 Å². The quantitative estimate of drug-likeness (QED) is 0.474. The maximum atomic E-state index is 11.3. The van der Waals surface area contributed by atoms with Crippen LogP contribution in [0, 0.1) is 0 Å². The molecule has 1 amide bonds. The van der Waals surface area contributed by atoms with E-state index in [1.165, 1.54) is 0 Å². The molecule has 2 rings (SSSR count). The van der Waals surface area contributed by atoms with Crippen LogP contribution in [0.25, 0.3) is 0 Å². The Morgan fingerprint density at radius 2 is 2.50 bits per heavy atom. The van der Waals surface area contributed by atoms with Crippen molar-refractivity contribution in [2.24, 2.45) is 5.84 Å². The molecular weight excluding hydrogens is 250 g/mol. The number of rotatable bonds is 5. The summed E-state index contributed by atoms with van der Waals surface area (Å²) in [5, 5.41) is 0. The van der Waals surface area contributed by atoms with Crippen LogP contribution in [0.5, 0.6) is 0 Å². The summed E-state index contributed by atoms with van der Waals surface area (Å²) in [6, 6.07) is 5.38. The number of carbonyl (C=O) groups is 1. The SMILES string of the molecule is NNC(=O)c1cccc(CSCC2CCCO2)n1. The zero-order valence-corrected chi connectivity index (χ0v) is 10.9. The maximum Gasteiger partial charge on any atom is 0.283 e. The van der Waals surface area contributed by atoms with Gasteiger partial charge in [-0.2, -0.15) is 11.8 Å². The molecule has 1 aromatic rings. The van der Waals surface area contributed by atoms with Crippen LogP contribution >= 0.6 is 11.8 Å². The Labute approximate surface area is 110 Å². The molecule has 5 nitrogen and oxygen atoms in total. The van der Waals surface area contributed by atoms with Gasteiger partial charge in [-0.05, 0) is 25.0 Å². The molecule has 0 aromatic carbocycles. The number of nitrogens with two attached hydrogens (primary N) is 1. The van der Waals surface area contributed by atoms with Crippen LogP contribution in [-0.2, 0) is 10.5 Å². The van der Waals surface area contributed by atoms with E-state index in [1.54, 1.807) is 17.8 Å². The van der Waals surface area contributed by atoms with Crippen LogP contribution in [0.2, 0.25) is 0 Å². The summed E-state index contributed by atoms with van der Waals surface area (Å²) in [5.41, 5.74) is 3.32. The molecule has 18 heavy (non-hydrogen) atoms. The Bertz CT molecular complexity index is 408. The van der Waals surface area contributed by atoms with Crippen LogP contribution < -0.4 is 11.3 Å². The number of nitrogen functional groups attached to an aromatic ring is 1. The minimum Gasteiger partial charge on any atom is -0.377 e. The van der Waals surface area contributed by atoms with Gasteiger partial charge < -0.3 is 4.74 Å². The first kappa shape index (κ1) is 13.3. The number of nitrogens with one attached hydrogen (secondary N) is 1. The molecule has 98 valence electrons. The normalized spacial score (nSPS) is 18.8. The van der Waals surface area contributed by atoms with Gasteiger partial charge in [0.2, 0.25) is 0 Å². The van der Waals surface area contributed by atoms with E-state index in [9.17, 15) is 4.79 Å². The number of hydrogen-bond donors (Lipinski definition) is 2. The highest BCUT2D eigenvalue weighted by Gasteiger charge is 2.15. The van der Waals surface area contributed by atoms with Crippen molar-refractivity contribution in [1.82, 2.24) is 10.4 Å². The summed E-state index contributed by atoms with van der Waals surface area (Å²) in [5.74, 6) is 6.48. The van der Waals surface area contributed by atoms with Gasteiger partial charge >= 0.3 is 0 Å². The van der Waals surface area contributed by atoms with Crippen molar-refractivity contribution >= 4 is 17.7 Å². The minimum absolute atomic E-state index is 0.354. The van der Waals surface area contributed by atoms with E-state index in [4.69, 9.17) is 10.6 Å². The number of hydrogen-bond acceptors (Lipinski definition) is 5. The number of thioether (sulfide) groups is 1. The lowest BCUT2D eigenvalue weighted by Crippen LogP contribution is -2.30. The Morgan fingerprint density at radius 1 is 1.61 bits per heavy atom. The summed E-state index contributed by atoms with van der Waals surface area (Å²) in [6.07, 6.45) is 2.69. The number of pyridine rings is 1. The molecule has 1 aliphatic heterocycles. The smallest absolute Gasteiger partial charge is 0.283 e. The van der Waals surface area contributed by atoms with Gasteiger partial charge in [0.25, 0.3) is 5.91 Å². The molecule has 0 spiro atoms. The third-order valence-corrected chi connectivity index (χ3v) is 3.86. The van der Waals surface area contributed by atoms with Crippen molar-refractivity contribution in [1.29, 1.82) is 0 Å². The number of aromatic nitrogens is 1. The van der Waals surface area contributed by atoms with Crippen LogP contribution in [0.3, 0.4) is 0 Å². The summed E-state index contributed by atoms with van der Waals surface area (Å²) in [7, 11) is 0. The average Bonchev–Trinajstić information content (AvgIpc) is 2.91. The molecule has 1 aliphatic rings. The van der Waals surface area contributed by atoms with Crippen molar-refractivity contribution in [2.75, 3.05) is 12.4 Å². The Morgan fingerprint density at radius 3 is 3.22 bits per heavy atom. The van der Waals surface area contributed by atoms with Gasteiger partial charge in [-0.3, -0.25) is 10.2 Å². The van der Waals surface area contributed by atoms with Crippen LogP contribution in [0.4, 0.5) is 0 Å². The van der Waals surface area contributed by atoms with Crippen molar-refractivity contribution in [3.8, 4) is 0 Å². The van der Waals surface area contributed by atoms with E-state index in [1.807, 2.05) is 12.1 Å². The zero-order valence-electron chi connectivity index (χ0n) is 10.1. The fourth-order valence-corrected chi connectivity index (χ4v) is 2.84. The summed E-state index contributed by atoms with van der Waals surface area (Å²) >= 11 is 1.78. The van der Waals surface area contributed by atoms with Crippen molar-refractivity contribution in [3.63, 3.8) is 0 Å². The lowest BCUT2D eigenvalue weighted by atomic mass is 10.3. The molecule has 3 N–H and O–H groups in total. The standard InChI is InChI=1S/C12H17N3O2S/c13-15-12(16)11-5-1-3-9(14-11)7-18-8-10-4-2-6-17-10/h1,3,5,10H,2,4,6-8,13H2,(H,15,16). The highest BCUT2D eigenvalue weighted by atomic mass is 32.2. The summed E-state index contributed by atoms with van der Waals surface area (Å²) < 4.78 is 5.55. The fourth-order valence-electron chi connectivity index (χ4n) is 1.83. The predicted molar refractivity (Wildman–Crippen MR) is 71.0 cm³/mol. The largest absolute Gasteiger partial charge is 0.377 e. The second-order valence-electron chi connectivity index (χ2n) is 4.14. The van der Waals surface area contributed by atoms with Gasteiger partial charge in [-0.1, -0.05) is 6.07 Å². The molecule has 1 unspecified atom stereocenters. The highest BCUT2D eigenvalue weighted by Crippen LogP contribution is 2.19. The van der Waals surface area contributed by atoms with E-state index < -0.39 is 0 Å². The first-order valence-electron chi connectivity index (χ1n) is 5.96. The number of hydrazine groups is 1. The van der Waals surface area contributed by atoms with E-state index >= 15 is 0 Å². The Balaban J connectivity index is 1.83. The Hall–Kier alpha value is -1.11. The van der Waals surface area contributed by atoms with Crippen LogP contribution in [-0.4, -0.2) is 29.4 Å². The van der Waals surface area contributed by atoms with Gasteiger partial charge in [0.1, 0.15) is 5.69 Å². The molecule has 0 bridgehead atoms. The first-order valence-corrected chi connectivity index (χ1v) is 7.11. The van der Waals surface area contributed by atoms with Gasteiger partial charge in [-0.15, -0.1) is 0 Å². The molecule has 2 heterocycles. The highest BCUT2D eigenvalue weighted by molar-refractivity contribution is 7.98. The summed E-state index contributed by atoms with van der Waals surface area (Å²) in [6.45, 7) is 0.885. The fraction of sp³-hybridized carbons (Fsp3) is 0.500. The van der Waals surface area contributed by atoms with E-state index in [0.29, 0.717) is 11.8 Å². The molecule has 0 aliphatic carbocycles. The number of amides is 1. The van der Waals surface area contributed by atoms with E-state index in [2.05, 4.69) is 10.4 Å². The minimum atomic E-state index is -0.360. The molecular formula is C12H17N3O2S. The van der Waals surface area contributed by atoms with Crippen molar-refractivity contribution < 1.29 is 9.53 Å². The zero-order chi connectivity index (χ0) is 12.8. The summed E-state index contributed by atoms with van der Waals surface area (Å²) in [4.78, 5) is 15.6. The second-order valence-corrected chi connectivity index (χ2v) is 5.17. The molecule has 1 saturated heterocycles. The van der Waals surface area contributed by atoms with Gasteiger partial charge in [0.05, 0.1) is 11.8 Å². The molecule has 6 heteroatoms. The van der Waals surface area contributed by atoms with Gasteiger partial charge in [0, 0.05) is 18.1 Å². The maximum absolute atomic E-state index is 11.3. The van der Waals surface area contributed by atoms with E-state index in [-0.39, 0.29) is 5.91 Å². The second kappa shape index (κ2) is 6.72. The van der Waals surface area contributed by atoms with Crippen LogP contribution in [0.15, 0.2) is 18.2 Å². The molecule has 1 atom stereocenters. The van der Waals surface area contributed by atoms with Gasteiger partial charge in [0.15, 0.2) is 0 Å². The van der Waals surface area contributed by atoms with Crippen molar-refractivity contribution in [3.05, 3.63) is 29.6 Å². The number of ether oxygens (including phenoxy) is 1. The average molecular weight is 267 g/mol. The predicted octanol–water partition coefficient (Wildman–Crippen LogP) is 1.10. The monoisotopic (exact) mass is 267 g/mol. The van der Waals surface area contributed by atoms with Crippen molar-refractivity contribution in [2.45, 2.75) is 24.7 Å². The Kier molecular flexibility index (Phi) is 4.98. The number of carbonyl (C=O) groups excluding carboxylic acids is 1. The van der Waals surface area contributed by atoms with Crippen LogP contribution in [0.1, 0.15) is 29.0 Å². The molecule has 1 fully saturated rings. The lowest BCUT2D eigenvalue weighted by Gasteiger charge is -2.08. The third-order valence-electron chi connectivity index (χ3n) is 2.75. The lowest BCUT2D eigenvalue weighted by molar-refractivity contribution is 0.0948. The first-order chi connectivity index (χ1) is 8.79. The molecule has 1 aromatic heterocycles. The third kappa shape index (κ3) is 3.69. The molecule has 0 radical (unpaired) electrons. The molecule has 0 saturated carbocycles. The van der Waals surface area contributed by atoms with Gasteiger partial charge in [-0.25, -0.2) is 10.8 Å².